The van der Waals surface area contributed by atoms with Crippen LogP contribution in [0.25, 0.3) is 0 Å². The quantitative estimate of drug-likeness (QED) is 0.147. The molecule has 2 bridgehead atoms. The zero-order valence-corrected chi connectivity index (χ0v) is 32.5. The second kappa shape index (κ2) is 16.9. The number of thiocarbonyl (C=S) groups is 1. The topological polar surface area (TPSA) is 61.4 Å². The van der Waals surface area contributed by atoms with Gasteiger partial charge in [0, 0.05) is 31.0 Å². The maximum absolute atomic E-state index is 14.1. The molecule has 0 aromatic heterocycles. The molecule has 6 rings (SSSR count). The molecule has 4 aliphatic rings. The van der Waals surface area contributed by atoms with Crippen LogP contribution in [0.3, 0.4) is 0 Å². The van der Waals surface area contributed by atoms with Crippen molar-refractivity contribution in [3.05, 3.63) is 53.6 Å². The summed E-state index contributed by atoms with van der Waals surface area (Å²) in [6, 6.07) is 14.1. The van der Waals surface area contributed by atoms with E-state index >= 15 is 0 Å². The van der Waals surface area contributed by atoms with E-state index in [1.54, 1.807) is 0 Å². The lowest BCUT2D eigenvalue weighted by molar-refractivity contribution is -0.942. The van der Waals surface area contributed by atoms with E-state index in [9.17, 15) is 8.42 Å². The van der Waals surface area contributed by atoms with Gasteiger partial charge in [-0.1, -0.05) is 63.9 Å². The number of anilines is 2. The molecule has 47 heavy (non-hydrogen) atoms. The van der Waals surface area contributed by atoms with E-state index < -0.39 is 15.4 Å². The molecule has 2 aromatic carbocycles. The predicted molar refractivity (Wildman–Crippen MR) is 198 cm³/mol. The number of halogens is 1. The average Bonchev–Trinajstić information content (AvgIpc) is 3.15. The Labute approximate surface area is 301 Å². The monoisotopic (exact) mass is 746 g/mol. The number of fused-ring (bicyclic) bond motifs is 4. The highest BCUT2D eigenvalue weighted by molar-refractivity contribution is 7.91. The molecule has 2 aromatic rings. The highest BCUT2D eigenvalue weighted by Gasteiger charge is 2.43. The molecule has 9 heteroatoms. The summed E-state index contributed by atoms with van der Waals surface area (Å²) >= 11 is 5.84. The van der Waals surface area contributed by atoms with Gasteiger partial charge in [-0.25, -0.2) is 8.42 Å². The Morgan fingerprint density at radius 2 is 1.64 bits per heavy atom. The van der Waals surface area contributed by atoms with Crippen LogP contribution in [0.1, 0.15) is 114 Å². The van der Waals surface area contributed by atoms with E-state index in [-0.39, 0.29) is 28.8 Å². The van der Waals surface area contributed by atoms with E-state index in [4.69, 9.17) is 12.2 Å². The van der Waals surface area contributed by atoms with Crippen LogP contribution < -0.4 is 32.5 Å². The number of benzene rings is 2. The fraction of sp³-hybridized carbons (Fsp3) is 0.658. The number of quaternary nitrogens is 1. The smallest absolute Gasteiger partial charge is 0.180 e. The lowest BCUT2D eigenvalue weighted by Gasteiger charge is -2.49. The number of hydrogen-bond donors (Lipinski definition) is 2. The highest BCUT2D eigenvalue weighted by Crippen LogP contribution is 2.41. The normalized spacial score (nSPS) is 24.1. The molecule has 0 amide bonds. The van der Waals surface area contributed by atoms with Crippen LogP contribution in [0.5, 0.6) is 0 Å². The molecule has 4 aliphatic heterocycles. The number of nitrogens with one attached hydrogen (secondary N) is 2. The minimum atomic E-state index is -3.50. The number of piperidine rings is 3. The molecule has 262 valence electrons. The number of unbranched alkanes of at least 4 members (excludes halogenated alkanes) is 4. The van der Waals surface area contributed by atoms with Gasteiger partial charge in [-0.15, -0.1) is 0 Å². The van der Waals surface area contributed by atoms with E-state index in [1.165, 1.54) is 62.8 Å². The zero-order chi connectivity index (χ0) is 32.8. The minimum absolute atomic E-state index is 0. The van der Waals surface area contributed by atoms with Crippen molar-refractivity contribution in [2.24, 2.45) is 5.92 Å². The van der Waals surface area contributed by atoms with Gasteiger partial charge in [-0.3, -0.25) is 5.32 Å². The van der Waals surface area contributed by atoms with Crippen LogP contribution in [0.2, 0.25) is 0 Å². The van der Waals surface area contributed by atoms with E-state index in [0.29, 0.717) is 4.90 Å². The van der Waals surface area contributed by atoms with Crippen molar-refractivity contribution in [2.45, 2.75) is 114 Å². The van der Waals surface area contributed by atoms with Crippen molar-refractivity contribution in [1.82, 2.24) is 5.32 Å². The van der Waals surface area contributed by atoms with Crippen molar-refractivity contribution >= 4 is 38.4 Å². The molecule has 3 fully saturated rings. The molecule has 4 heterocycles. The summed E-state index contributed by atoms with van der Waals surface area (Å²) in [5, 5.41) is 7.53. The third-order valence-corrected chi connectivity index (χ3v) is 13.4. The van der Waals surface area contributed by atoms with Gasteiger partial charge in [-0.2, -0.15) is 0 Å². The van der Waals surface area contributed by atoms with Gasteiger partial charge in [0.05, 0.1) is 47.9 Å². The molecule has 0 spiro atoms. The maximum atomic E-state index is 14.1. The third kappa shape index (κ3) is 9.59. The zero-order valence-electron chi connectivity index (χ0n) is 29.3. The van der Waals surface area contributed by atoms with Crippen molar-refractivity contribution < 1.29 is 29.9 Å². The van der Waals surface area contributed by atoms with Crippen LogP contribution in [0, 0.1) is 5.92 Å². The lowest BCUT2D eigenvalue weighted by Crippen LogP contribution is -3.00. The first-order valence-corrected chi connectivity index (χ1v) is 20.2. The summed E-state index contributed by atoms with van der Waals surface area (Å²) in [7, 11) is 0.509. The Morgan fingerprint density at radius 3 is 2.28 bits per heavy atom. The summed E-state index contributed by atoms with van der Waals surface area (Å²) in [6.45, 7) is 9.93. The van der Waals surface area contributed by atoms with Crippen molar-refractivity contribution in [2.75, 3.05) is 56.2 Å². The van der Waals surface area contributed by atoms with Crippen LogP contribution in [-0.4, -0.2) is 69.5 Å². The largest absolute Gasteiger partial charge is 1.00 e. The summed E-state index contributed by atoms with van der Waals surface area (Å²) in [5.41, 5.74) is 3.40. The van der Waals surface area contributed by atoms with Crippen LogP contribution in [0.15, 0.2) is 47.4 Å². The van der Waals surface area contributed by atoms with Crippen molar-refractivity contribution in [1.29, 1.82) is 0 Å². The molecule has 0 aliphatic carbocycles. The number of hydrogen-bond acceptors (Lipinski definition) is 5. The Hall–Kier alpha value is -1.52. The van der Waals surface area contributed by atoms with E-state index in [0.717, 1.165) is 84.8 Å². The van der Waals surface area contributed by atoms with Crippen LogP contribution in [0.4, 0.5) is 11.4 Å². The van der Waals surface area contributed by atoms with Gasteiger partial charge in [0.15, 0.2) is 9.84 Å². The average molecular weight is 748 g/mol. The molecule has 0 saturated carbocycles. The summed E-state index contributed by atoms with van der Waals surface area (Å²) in [5.74, 6) is 1.15. The Morgan fingerprint density at radius 1 is 0.957 bits per heavy atom. The van der Waals surface area contributed by atoms with E-state index in [2.05, 4.69) is 54.8 Å². The van der Waals surface area contributed by atoms with Gasteiger partial charge < -0.3 is 31.7 Å². The Kier molecular flexibility index (Phi) is 13.8. The standard InChI is InChI=1S/C38H58N4O2S2.BrH/c1-5-7-21-38(22-8-6-2)29-46(43,44)35-17-16-33(41(3)4)28-34(35)37(40-38)31-13-12-14-32(27-31)39-36(45)15-10-9-11-23-42-24-18-30(19-25-42)20-26-42;/h12-14,16-17,27-28,30,37,40H,5-11,15,18-26,29H2,1-4H3;1H. The Bertz CT molecular complexity index is 1420. The Balaban J connectivity index is 0.00000500. The first-order chi connectivity index (χ1) is 22.1. The highest BCUT2D eigenvalue weighted by atomic mass is 79.9. The first-order valence-electron chi connectivity index (χ1n) is 18.1. The predicted octanol–water partition coefficient (Wildman–Crippen LogP) is 5.27. The molecule has 1 atom stereocenters. The summed E-state index contributed by atoms with van der Waals surface area (Å²) in [6.07, 6.45) is 14.6. The minimum Gasteiger partial charge on any atom is -1.00 e. The summed E-state index contributed by atoms with van der Waals surface area (Å²) < 4.78 is 29.6. The molecule has 0 radical (unpaired) electrons. The third-order valence-electron chi connectivity index (χ3n) is 11.2. The molecular formula is C38H59BrN4O2S2. The lowest BCUT2D eigenvalue weighted by atomic mass is 9.85. The van der Waals surface area contributed by atoms with Gasteiger partial charge in [0.2, 0.25) is 0 Å². The van der Waals surface area contributed by atoms with Gasteiger partial charge in [0.1, 0.15) is 0 Å². The fourth-order valence-electron chi connectivity index (χ4n) is 8.30. The van der Waals surface area contributed by atoms with Crippen LogP contribution >= 0.6 is 12.2 Å². The summed E-state index contributed by atoms with van der Waals surface area (Å²) in [4.78, 5) is 3.39. The first kappa shape index (κ1) is 38.3. The van der Waals surface area contributed by atoms with Crippen LogP contribution in [-0.2, 0) is 9.84 Å². The molecule has 3 saturated heterocycles. The van der Waals surface area contributed by atoms with Gasteiger partial charge in [0.25, 0.3) is 0 Å². The van der Waals surface area contributed by atoms with Crippen molar-refractivity contribution in [3.63, 3.8) is 0 Å². The number of rotatable bonds is 15. The second-order valence-corrected chi connectivity index (χ2v) is 17.3. The molecule has 2 N–H and O–H groups in total. The van der Waals surface area contributed by atoms with Gasteiger partial charge in [-0.05, 0) is 105 Å². The fourth-order valence-corrected chi connectivity index (χ4v) is 10.6. The second-order valence-electron chi connectivity index (χ2n) is 14.9. The number of nitrogens with zero attached hydrogens (tertiary/aromatic N) is 2. The van der Waals surface area contributed by atoms with Crippen molar-refractivity contribution in [3.8, 4) is 0 Å². The maximum Gasteiger partial charge on any atom is 0.180 e. The number of sulfone groups is 1. The SMILES string of the molecule is CCCCC1(CCCC)CS(=O)(=O)c2ccc(N(C)C)cc2C(c2cccc(NC(=S)CCCCC[N+]34CCC(CC3)CC4)c2)N1.[Br-]. The van der Waals surface area contributed by atoms with E-state index in [1.807, 2.05) is 31.1 Å². The molecule has 6 nitrogen and oxygen atoms in total. The molecule has 1 unspecified atom stereocenters. The molecular weight excluding hydrogens is 688 g/mol. The van der Waals surface area contributed by atoms with Gasteiger partial charge >= 0.3 is 0 Å².